The lowest BCUT2D eigenvalue weighted by Gasteiger charge is -1.67. The van der Waals surface area contributed by atoms with Crippen LogP contribution in [-0.4, -0.2) is 18.2 Å². The van der Waals surface area contributed by atoms with Gasteiger partial charge < -0.3 is 18.1 Å². The molecule has 0 saturated heterocycles. The average molecular weight is 164 g/mol. The highest BCUT2D eigenvalue weighted by Crippen LogP contribution is 2.13. The zero-order valence-corrected chi connectivity index (χ0v) is 7.79. The van der Waals surface area contributed by atoms with Gasteiger partial charge in [-0.15, -0.1) is 0 Å². The van der Waals surface area contributed by atoms with Crippen molar-refractivity contribution in [3.8, 4) is 0 Å². The lowest BCUT2D eigenvalue weighted by Crippen LogP contribution is -1.50. The molecule has 0 spiro atoms. The number of rotatable bonds is 0. The summed E-state index contributed by atoms with van der Waals surface area (Å²) >= 11 is -0.639. The maximum atomic E-state index is 4.90. The monoisotopic (exact) mass is 163 g/mol. The van der Waals surface area contributed by atoms with Gasteiger partial charge in [-0.05, 0) is 6.42 Å². The summed E-state index contributed by atoms with van der Waals surface area (Å²) in [7, 11) is 9.81. The van der Waals surface area contributed by atoms with Crippen LogP contribution in [0.15, 0.2) is 0 Å². The van der Waals surface area contributed by atoms with Crippen LogP contribution in [0.3, 0.4) is 0 Å². The van der Waals surface area contributed by atoms with Crippen LogP contribution in [0.25, 0.3) is 0 Å². The smallest absolute Gasteiger partial charge is 0.309 e. The first kappa shape index (κ1) is 9.35. The van der Waals surface area contributed by atoms with E-state index in [9.17, 15) is 0 Å². The molecule has 0 aromatic carbocycles. The normalized spacial score (nSPS) is 16.2. The second kappa shape index (κ2) is 8.35. The van der Waals surface area contributed by atoms with Gasteiger partial charge in [0.15, 0.2) is 0 Å². The SMILES string of the molecule is [CH]1CCCC1.[Cl][Mg][Cl]. The molecule has 0 aliphatic heterocycles. The van der Waals surface area contributed by atoms with Crippen LogP contribution in [0.2, 0.25) is 0 Å². The molecule has 0 unspecified atom stereocenters. The van der Waals surface area contributed by atoms with E-state index in [0.717, 1.165) is 0 Å². The van der Waals surface area contributed by atoms with E-state index >= 15 is 0 Å². The molecule has 1 rings (SSSR count). The Bertz CT molecular complexity index is 29.8. The fraction of sp³-hybridized carbons (Fsp3) is 0.800. The zero-order valence-electron chi connectivity index (χ0n) is 4.87. The Kier molecular flexibility index (Phi) is 9.75. The summed E-state index contributed by atoms with van der Waals surface area (Å²) in [5.41, 5.74) is 0. The molecule has 8 heavy (non-hydrogen) atoms. The van der Waals surface area contributed by atoms with Crippen LogP contribution in [0.4, 0.5) is 0 Å². The van der Waals surface area contributed by atoms with E-state index in [2.05, 4.69) is 6.42 Å². The van der Waals surface area contributed by atoms with Crippen molar-refractivity contribution in [1.29, 1.82) is 0 Å². The van der Waals surface area contributed by atoms with Crippen LogP contribution < -0.4 is 0 Å². The van der Waals surface area contributed by atoms with Crippen LogP contribution in [-0.2, 0) is 0 Å². The molecule has 1 saturated carbocycles. The molecule has 45 valence electrons. The summed E-state index contributed by atoms with van der Waals surface area (Å²) in [4.78, 5) is 0. The largest absolute Gasteiger partial charge is 0.618 e. The number of hydrogen-bond acceptors (Lipinski definition) is 0. The molecule has 0 aromatic rings. The second-order valence-corrected chi connectivity index (χ2v) is 4.30. The molecule has 1 radical (unpaired) electrons. The highest BCUT2D eigenvalue weighted by atomic mass is 35.6. The van der Waals surface area contributed by atoms with Crippen molar-refractivity contribution in [3.05, 3.63) is 6.42 Å². The van der Waals surface area contributed by atoms with E-state index in [4.69, 9.17) is 18.1 Å². The molecule has 0 amide bonds. The van der Waals surface area contributed by atoms with Crippen molar-refractivity contribution in [1.82, 2.24) is 0 Å². The van der Waals surface area contributed by atoms with Gasteiger partial charge in [0.2, 0.25) is 0 Å². The van der Waals surface area contributed by atoms with E-state index in [1.54, 1.807) is 0 Å². The first-order valence-corrected chi connectivity index (χ1v) is 7.13. The molecular formula is C5H9Cl2Mg. The Labute approximate surface area is 68.2 Å². The molecule has 0 aromatic heterocycles. The van der Waals surface area contributed by atoms with Crippen molar-refractivity contribution in [2.75, 3.05) is 0 Å². The Morgan fingerprint density at radius 2 is 1.50 bits per heavy atom. The van der Waals surface area contributed by atoms with Crippen LogP contribution in [0, 0.1) is 6.42 Å². The van der Waals surface area contributed by atoms with E-state index < -0.39 is 18.2 Å². The van der Waals surface area contributed by atoms with E-state index in [1.807, 2.05) is 0 Å². The second-order valence-electron chi connectivity index (χ2n) is 1.67. The average Bonchev–Trinajstić information content (AvgIpc) is 2.17. The quantitative estimate of drug-likeness (QED) is 0.483. The minimum absolute atomic E-state index is 0.639. The van der Waals surface area contributed by atoms with Crippen LogP contribution in [0.1, 0.15) is 25.7 Å². The maximum Gasteiger partial charge on any atom is 0.618 e. The van der Waals surface area contributed by atoms with Gasteiger partial charge >= 0.3 is 18.2 Å². The Balaban J connectivity index is 0.000000145. The summed E-state index contributed by atoms with van der Waals surface area (Å²) in [6.45, 7) is 0. The fourth-order valence-electron chi connectivity index (χ4n) is 0.722. The molecule has 0 heterocycles. The van der Waals surface area contributed by atoms with Gasteiger partial charge in [0, 0.05) is 0 Å². The van der Waals surface area contributed by atoms with Gasteiger partial charge in [-0.1, -0.05) is 25.7 Å². The molecule has 0 nitrogen and oxygen atoms in total. The lowest BCUT2D eigenvalue weighted by atomic mass is 10.4. The maximum absolute atomic E-state index is 4.90. The third-order valence-electron chi connectivity index (χ3n) is 1.07. The van der Waals surface area contributed by atoms with Crippen molar-refractivity contribution in [2.45, 2.75) is 25.7 Å². The minimum Gasteiger partial charge on any atom is -0.309 e. The molecule has 0 N–H and O–H groups in total. The highest BCUT2D eigenvalue weighted by molar-refractivity contribution is 7.22. The van der Waals surface area contributed by atoms with Crippen molar-refractivity contribution in [2.24, 2.45) is 0 Å². The molecule has 1 aliphatic rings. The third kappa shape index (κ3) is 7.35. The third-order valence-corrected chi connectivity index (χ3v) is 1.07. The summed E-state index contributed by atoms with van der Waals surface area (Å²) in [5.74, 6) is 0. The molecule has 0 atom stereocenters. The Morgan fingerprint density at radius 3 is 1.62 bits per heavy atom. The predicted molar refractivity (Wildman–Crippen MR) is 40.2 cm³/mol. The summed E-state index contributed by atoms with van der Waals surface area (Å²) in [5, 5.41) is 0. The highest BCUT2D eigenvalue weighted by Gasteiger charge is 1.95. The van der Waals surface area contributed by atoms with Gasteiger partial charge in [-0.3, -0.25) is 0 Å². The Hall–Kier alpha value is 1.35. The van der Waals surface area contributed by atoms with E-state index in [0.29, 0.717) is 0 Å². The summed E-state index contributed by atoms with van der Waals surface area (Å²) in [6.07, 6.45) is 8.00. The minimum atomic E-state index is -0.639. The van der Waals surface area contributed by atoms with Crippen molar-refractivity contribution >= 4 is 36.3 Å². The number of hydrogen-bond donors (Lipinski definition) is 0. The van der Waals surface area contributed by atoms with Crippen LogP contribution >= 0.6 is 18.1 Å². The topological polar surface area (TPSA) is 0 Å². The van der Waals surface area contributed by atoms with E-state index in [1.165, 1.54) is 25.7 Å². The molecule has 0 bridgehead atoms. The first-order chi connectivity index (χ1) is 3.91. The van der Waals surface area contributed by atoms with Gasteiger partial charge in [0.1, 0.15) is 0 Å². The first-order valence-electron chi connectivity index (χ1n) is 2.85. The molecule has 1 aliphatic carbocycles. The van der Waals surface area contributed by atoms with Gasteiger partial charge in [0.05, 0.1) is 0 Å². The molecule has 1 fully saturated rings. The lowest BCUT2D eigenvalue weighted by molar-refractivity contribution is 0.886. The molecular weight excluding hydrogens is 155 g/mol. The van der Waals surface area contributed by atoms with Gasteiger partial charge in [-0.2, -0.15) is 0 Å². The summed E-state index contributed by atoms with van der Waals surface area (Å²) in [6, 6.07) is 0. The standard InChI is InChI=1S/C5H9.2ClH.Mg/c1-2-4-5-3-1;;;/h1H,2-5H2;2*1H;/q;;;+2/p-2. The van der Waals surface area contributed by atoms with Crippen molar-refractivity contribution in [3.63, 3.8) is 0 Å². The zero-order chi connectivity index (χ0) is 6.24. The predicted octanol–water partition coefficient (Wildman–Crippen LogP) is 2.76. The molecule has 3 heteroatoms. The van der Waals surface area contributed by atoms with Crippen LogP contribution in [0.5, 0.6) is 0 Å². The van der Waals surface area contributed by atoms with Crippen molar-refractivity contribution < 1.29 is 0 Å². The Morgan fingerprint density at radius 1 is 1.12 bits per heavy atom. The fourth-order valence-corrected chi connectivity index (χ4v) is 0.722. The van der Waals surface area contributed by atoms with Gasteiger partial charge in [0.25, 0.3) is 0 Å². The van der Waals surface area contributed by atoms with Gasteiger partial charge in [-0.25, -0.2) is 0 Å². The number of halogens is 2. The summed E-state index contributed by atoms with van der Waals surface area (Å²) < 4.78 is 0. The van der Waals surface area contributed by atoms with E-state index in [-0.39, 0.29) is 0 Å².